The highest BCUT2D eigenvalue weighted by molar-refractivity contribution is 7.92. The summed E-state index contributed by atoms with van der Waals surface area (Å²) in [5.41, 5.74) is 2.95. The minimum absolute atomic E-state index is 0.0178. The molecule has 11 heteroatoms. The fourth-order valence-electron chi connectivity index (χ4n) is 4.11. The molecule has 2 amide bonds. The Morgan fingerprint density at radius 2 is 1.72 bits per heavy atom. The van der Waals surface area contributed by atoms with Gasteiger partial charge in [0.05, 0.1) is 22.8 Å². The summed E-state index contributed by atoms with van der Waals surface area (Å²) in [4.78, 5) is 24.4. The van der Waals surface area contributed by atoms with Crippen molar-refractivity contribution in [3.05, 3.63) is 89.7 Å². The number of benzene rings is 3. The highest BCUT2D eigenvalue weighted by Gasteiger charge is 2.26. The fourth-order valence-corrected chi connectivity index (χ4v) is 5.39. The zero-order valence-corrected chi connectivity index (χ0v) is 22.3. The Kier molecular flexibility index (Phi) is 8.52. The van der Waals surface area contributed by atoms with Crippen molar-refractivity contribution >= 4 is 38.5 Å². The quantitative estimate of drug-likeness (QED) is 0.144. The summed E-state index contributed by atoms with van der Waals surface area (Å²) in [6.07, 6.45) is 1.36. The molecule has 0 bridgehead atoms. The van der Waals surface area contributed by atoms with Crippen LogP contribution in [-0.2, 0) is 10.0 Å². The van der Waals surface area contributed by atoms with Crippen LogP contribution < -0.4 is 19.8 Å². The summed E-state index contributed by atoms with van der Waals surface area (Å²) in [6.45, 7) is 2.52. The number of hydrogen-bond donors (Lipinski definition) is 3. The molecule has 0 fully saturated rings. The summed E-state index contributed by atoms with van der Waals surface area (Å²) in [5, 5.41) is 12.7. The summed E-state index contributed by atoms with van der Waals surface area (Å²) >= 11 is 0. The van der Waals surface area contributed by atoms with Gasteiger partial charge >= 0.3 is 0 Å². The fraction of sp³-hybridized carbons (Fsp3) is 0.214. The summed E-state index contributed by atoms with van der Waals surface area (Å²) < 4.78 is 38.8. The molecule has 0 saturated carbocycles. The number of ether oxygens (including phenoxy) is 1. The number of aryl methyl sites for hydroxylation is 1. The van der Waals surface area contributed by atoms with Crippen molar-refractivity contribution in [1.29, 1.82) is 0 Å². The number of para-hydroxylation sites is 2. The number of nitrogens with zero attached hydrogens (tertiary/aromatic N) is 1. The van der Waals surface area contributed by atoms with Crippen LogP contribution in [0.25, 0.3) is 11.0 Å². The lowest BCUT2D eigenvalue weighted by atomic mass is 10.1. The minimum Gasteiger partial charge on any atom is -0.494 e. The Morgan fingerprint density at radius 3 is 2.44 bits per heavy atom. The molecule has 0 aliphatic carbocycles. The van der Waals surface area contributed by atoms with Crippen molar-refractivity contribution < 1.29 is 32.4 Å². The van der Waals surface area contributed by atoms with Crippen molar-refractivity contribution in [1.82, 2.24) is 10.8 Å². The van der Waals surface area contributed by atoms with E-state index in [1.54, 1.807) is 42.7 Å². The van der Waals surface area contributed by atoms with Crippen LogP contribution in [-0.4, -0.2) is 45.6 Å². The summed E-state index contributed by atoms with van der Waals surface area (Å²) in [7, 11) is -2.65. The zero-order valence-electron chi connectivity index (χ0n) is 21.5. The molecule has 3 aromatic carbocycles. The second-order valence-electron chi connectivity index (χ2n) is 8.82. The van der Waals surface area contributed by atoms with Crippen LogP contribution in [0.2, 0.25) is 0 Å². The van der Waals surface area contributed by atoms with Gasteiger partial charge in [-0.2, -0.15) is 0 Å². The van der Waals surface area contributed by atoms with Crippen LogP contribution >= 0.6 is 0 Å². The minimum atomic E-state index is -4.00. The molecule has 204 valence electrons. The molecule has 0 radical (unpaired) electrons. The average Bonchev–Trinajstić information content (AvgIpc) is 3.38. The number of unbranched alkanes of at least 4 members (excludes halogenated alkanes) is 1. The molecule has 4 aromatic rings. The maximum absolute atomic E-state index is 13.2. The maximum atomic E-state index is 13.2. The van der Waals surface area contributed by atoms with E-state index in [-0.39, 0.29) is 27.8 Å². The number of amides is 2. The van der Waals surface area contributed by atoms with Gasteiger partial charge in [0.2, 0.25) is 0 Å². The molecule has 1 aromatic heterocycles. The molecular weight excluding hydrogens is 522 g/mol. The molecule has 4 rings (SSSR count). The van der Waals surface area contributed by atoms with E-state index in [0.717, 1.165) is 9.69 Å². The number of rotatable bonds is 11. The molecule has 39 heavy (non-hydrogen) atoms. The molecule has 0 unspecified atom stereocenters. The number of anilines is 1. The van der Waals surface area contributed by atoms with Gasteiger partial charge in [0.15, 0.2) is 5.76 Å². The van der Waals surface area contributed by atoms with Crippen molar-refractivity contribution in [2.45, 2.75) is 24.7 Å². The molecule has 10 nitrogen and oxygen atoms in total. The Hall–Kier alpha value is -4.35. The number of fused-ring (bicyclic) bond motifs is 1. The van der Waals surface area contributed by atoms with Gasteiger partial charge in [-0.15, -0.1) is 0 Å². The number of hydroxylamine groups is 1. The predicted octanol–water partition coefficient (Wildman–Crippen LogP) is 4.27. The van der Waals surface area contributed by atoms with Crippen LogP contribution in [0.3, 0.4) is 0 Å². The SMILES string of the molecule is Cc1cccc(C(=O)NO)c1N(C)S(=O)(=O)c1ccc(OCCCCNC(=O)c2cc3ccccc3o2)cc1. The maximum Gasteiger partial charge on any atom is 0.287 e. The third-order valence-corrected chi connectivity index (χ3v) is 7.93. The van der Waals surface area contributed by atoms with Crippen molar-refractivity contribution in [3.8, 4) is 5.75 Å². The van der Waals surface area contributed by atoms with E-state index in [1.807, 2.05) is 24.3 Å². The van der Waals surface area contributed by atoms with Crippen LogP contribution in [0.5, 0.6) is 5.75 Å². The van der Waals surface area contributed by atoms with Crippen LogP contribution in [0, 0.1) is 6.92 Å². The van der Waals surface area contributed by atoms with Crippen LogP contribution in [0.15, 0.2) is 82.1 Å². The lowest BCUT2D eigenvalue weighted by molar-refractivity contribution is 0.0707. The standard InChI is InChI=1S/C28H29N3O7S/c1-19-8-7-10-23(27(32)30-34)26(19)31(2)39(35,36)22-14-12-21(13-15-22)37-17-6-5-16-29-28(33)25-18-20-9-3-4-11-24(20)38-25/h3-4,7-15,18,34H,5-6,16-17H2,1-2H3,(H,29,33)(H,30,32). The van der Waals surface area contributed by atoms with E-state index >= 15 is 0 Å². The van der Waals surface area contributed by atoms with Gasteiger partial charge in [0.25, 0.3) is 21.8 Å². The Balaban J connectivity index is 1.28. The average molecular weight is 552 g/mol. The lowest BCUT2D eigenvalue weighted by Gasteiger charge is -2.23. The molecule has 0 spiro atoms. The smallest absolute Gasteiger partial charge is 0.287 e. The molecule has 3 N–H and O–H groups in total. The number of hydrogen-bond acceptors (Lipinski definition) is 7. The van der Waals surface area contributed by atoms with E-state index in [4.69, 9.17) is 14.4 Å². The van der Waals surface area contributed by atoms with E-state index in [9.17, 15) is 18.0 Å². The van der Waals surface area contributed by atoms with E-state index in [2.05, 4.69) is 5.32 Å². The van der Waals surface area contributed by atoms with Crippen LogP contribution in [0.1, 0.15) is 39.3 Å². The highest BCUT2D eigenvalue weighted by atomic mass is 32.2. The van der Waals surface area contributed by atoms with Gasteiger partial charge in [0.1, 0.15) is 11.3 Å². The highest BCUT2D eigenvalue weighted by Crippen LogP contribution is 2.30. The second-order valence-corrected chi connectivity index (χ2v) is 10.8. The van der Waals surface area contributed by atoms with E-state index in [0.29, 0.717) is 42.9 Å². The first kappa shape index (κ1) is 27.7. The van der Waals surface area contributed by atoms with E-state index < -0.39 is 15.9 Å². The van der Waals surface area contributed by atoms with Crippen molar-refractivity contribution in [2.24, 2.45) is 0 Å². The lowest BCUT2D eigenvalue weighted by Crippen LogP contribution is -2.30. The molecule has 1 heterocycles. The number of nitrogens with one attached hydrogen (secondary N) is 2. The predicted molar refractivity (Wildman–Crippen MR) is 146 cm³/mol. The van der Waals surface area contributed by atoms with E-state index in [1.165, 1.54) is 25.2 Å². The van der Waals surface area contributed by atoms with Gasteiger partial charge < -0.3 is 14.5 Å². The van der Waals surface area contributed by atoms with Crippen molar-refractivity contribution in [3.63, 3.8) is 0 Å². The topological polar surface area (TPSA) is 138 Å². The number of carbonyl (C=O) groups excluding carboxylic acids is 2. The van der Waals surface area contributed by atoms with Crippen molar-refractivity contribution in [2.75, 3.05) is 24.5 Å². The Morgan fingerprint density at radius 1 is 0.974 bits per heavy atom. The first-order valence-corrected chi connectivity index (χ1v) is 13.7. The largest absolute Gasteiger partial charge is 0.494 e. The van der Waals surface area contributed by atoms with Gasteiger partial charge in [-0.25, -0.2) is 13.9 Å². The normalized spacial score (nSPS) is 11.3. The third-order valence-electron chi connectivity index (χ3n) is 6.16. The molecular formula is C28H29N3O7S. The first-order valence-electron chi connectivity index (χ1n) is 12.2. The van der Waals surface area contributed by atoms with Gasteiger partial charge in [-0.3, -0.25) is 19.1 Å². The monoisotopic (exact) mass is 551 g/mol. The summed E-state index contributed by atoms with van der Waals surface area (Å²) in [5.74, 6) is -0.320. The van der Waals surface area contributed by atoms with Gasteiger partial charge in [-0.05, 0) is 67.8 Å². The molecule has 0 aliphatic rings. The van der Waals surface area contributed by atoms with Gasteiger partial charge in [0, 0.05) is 19.0 Å². The first-order chi connectivity index (χ1) is 18.7. The molecule has 0 aliphatic heterocycles. The number of carbonyl (C=O) groups is 2. The third kappa shape index (κ3) is 6.21. The zero-order chi connectivity index (χ0) is 28.0. The Labute approximate surface area is 226 Å². The molecule has 0 atom stereocenters. The molecule has 0 saturated heterocycles. The number of furan rings is 1. The van der Waals surface area contributed by atoms with Gasteiger partial charge in [-0.1, -0.05) is 30.3 Å². The van der Waals surface area contributed by atoms with Crippen LogP contribution in [0.4, 0.5) is 5.69 Å². The number of sulfonamides is 1. The summed E-state index contributed by atoms with van der Waals surface area (Å²) in [6, 6.07) is 19.8. The Bertz CT molecular complexity index is 1550. The second kappa shape index (κ2) is 12.0.